The minimum Gasteiger partial charge on any atom is -0.462 e. The predicted octanol–water partition coefficient (Wildman–Crippen LogP) is 4.21. The maximum absolute atomic E-state index is 12.7. The van der Waals surface area contributed by atoms with Crippen molar-refractivity contribution in [1.29, 1.82) is 0 Å². The quantitative estimate of drug-likeness (QED) is 0.587. The molecule has 3 aromatic rings. The number of aromatic nitrogens is 2. The van der Waals surface area contributed by atoms with Crippen molar-refractivity contribution in [1.82, 2.24) is 9.97 Å². The number of benzene rings is 2. The van der Waals surface area contributed by atoms with E-state index in [4.69, 9.17) is 4.74 Å². The van der Waals surface area contributed by atoms with Crippen LogP contribution in [-0.2, 0) is 11.2 Å². The second-order valence-electron chi connectivity index (χ2n) is 6.18. The summed E-state index contributed by atoms with van der Waals surface area (Å²) in [6.07, 6.45) is 2.28. The average Bonchev–Trinajstić information content (AvgIpc) is 2.75. The lowest BCUT2D eigenvalue weighted by atomic mass is 10.1. The van der Waals surface area contributed by atoms with Crippen molar-refractivity contribution in [2.75, 3.05) is 17.2 Å². The van der Waals surface area contributed by atoms with Gasteiger partial charge in [0.05, 0.1) is 17.9 Å². The monoisotopic (exact) mass is 390 g/mol. The van der Waals surface area contributed by atoms with Crippen molar-refractivity contribution in [2.45, 2.75) is 20.3 Å². The molecule has 0 aliphatic carbocycles. The van der Waals surface area contributed by atoms with Crippen molar-refractivity contribution in [3.05, 3.63) is 77.7 Å². The molecule has 2 aromatic carbocycles. The van der Waals surface area contributed by atoms with Crippen LogP contribution in [0.5, 0.6) is 0 Å². The second kappa shape index (κ2) is 9.45. The summed E-state index contributed by atoms with van der Waals surface area (Å²) in [6.45, 7) is 4.07. The molecule has 7 heteroatoms. The van der Waals surface area contributed by atoms with Gasteiger partial charge in [0.2, 0.25) is 0 Å². The Morgan fingerprint density at radius 3 is 2.48 bits per heavy atom. The van der Waals surface area contributed by atoms with Crippen LogP contribution in [0.4, 0.5) is 17.2 Å². The van der Waals surface area contributed by atoms with E-state index in [-0.39, 0.29) is 17.9 Å². The van der Waals surface area contributed by atoms with Gasteiger partial charge in [-0.3, -0.25) is 4.79 Å². The van der Waals surface area contributed by atoms with Crippen molar-refractivity contribution >= 4 is 29.1 Å². The summed E-state index contributed by atoms with van der Waals surface area (Å²) < 4.78 is 5.03. The molecule has 0 aliphatic heterocycles. The zero-order chi connectivity index (χ0) is 20.6. The fraction of sp³-hybridized carbons (Fsp3) is 0.182. The van der Waals surface area contributed by atoms with Crippen LogP contribution >= 0.6 is 0 Å². The van der Waals surface area contributed by atoms with Crippen molar-refractivity contribution < 1.29 is 14.3 Å². The largest absolute Gasteiger partial charge is 0.462 e. The van der Waals surface area contributed by atoms with Crippen LogP contribution < -0.4 is 10.6 Å². The van der Waals surface area contributed by atoms with E-state index in [1.54, 1.807) is 37.3 Å². The Kier molecular flexibility index (Phi) is 6.52. The van der Waals surface area contributed by atoms with E-state index in [0.717, 1.165) is 12.1 Å². The Hall–Kier alpha value is -3.74. The minimum absolute atomic E-state index is 0.173. The lowest BCUT2D eigenvalue weighted by molar-refractivity contribution is 0.0527. The van der Waals surface area contributed by atoms with Crippen LogP contribution in [0.1, 0.15) is 40.3 Å². The smallest absolute Gasteiger partial charge is 0.340 e. The number of hydrogen-bond donors (Lipinski definition) is 2. The zero-order valence-corrected chi connectivity index (χ0v) is 16.3. The molecule has 1 amide bonds. The number of hydrogen-bond acceptors (Lipinski definition) is 6. The van der Waals surface area contributed by atoms with E-state index >= 15 is 0 Å². The van der Waals surface area contributed by atoms with Crippen LogP contribution in [0, 0.1) is 0 Å². The van der Waals surface area contributed by atoms with Crippen molar-refractivity contribution in [2.24, 2.45) is 0 Å². The van der Waals surface area contributed by atoms with Gasteiger partial charge >= 0.3 is 5.97 Å². The molecule has 0 unspecified atom stereocenters. The summed E-state index contributed by atoms with van der Waals surface area (Å²) in [6, 6.07) is 16.2. The molecule has 7 nitrogen and oxygen atoms in total. The van der Waals surface area contributed by atoms with Gasteiger partial charge in [0.15, 0.2) is 0 Å². The summed E-state index contributed by atoms with van der Waals surface area (Å²) in [4.78, 5) is 32.9. The zero-order valence-electron chi connectivity index (χ0n) is 16.3. The first-order chi connectivity index (χ1) is 14.1. The first-order valence-electron chi connectivity index (χ1n) is 9.36. The van der Waals surface area contributed by atoms with Gasteiger partial charge in [-0.05, 0) is 43.2 Å². The fourth-order valence-electron chi connectivity index (χ4n) is 2.69. The van der Waals surface area contributed by atoms with E-state index in [2.05, 4.69) is 27.5 Å². The van der Waals surface area contributed by atoms with E-state index in [0.29, 0.717) is 11.5 Å². The molecule has 1 aromatic heterocycles. The summed E-state index contributed by atoms with van der Waals surface area (Å²) in [7, 11) is 0. The Morgan fingerprint density at radius 2 is 1.76 bits per heavy atom. The highest BCUT2D eigenvalue weighted by Gasteiger charge is 2.16. The predicted molar refractivity (Wildman–Crippen MR) is 111 cm³/mol. The third kappa shape index (κ3) is 5.16. The first kappa shape index (κ1) is 20.0. The van der Waals surface area contributed by atoms with Crippen LogP contribution in [-0.4, -0.2) is 28.5 Å². The Morgan fingerprint density at radius 1 is 1.00 bits per heavy atom. The minimum atomic E-state index is -0.496. The molecule has 0 saturated heterocycles. The van der Waals surface area contributed by atoms with Gasteiger partial charge in [-0.2, -0.15) is 0 Å². The summed E-state index contributed by atoms with van der Waals surface area (Å²) >= 11 is 0. The second-order valence-corrected chi connectivity index (χ2v) is 6.18. The number of nitrogens with zero attached hydrogens (tertiary/aromatic N) is 2. The molecule has 0 aliphatic rings. The van der Waals surface area contributed by atoms with Gasteiger partial charge < -0.3 is 15.4 Å². The number of ether oxygens (including phenoxy) is 1. The number of aryl methyl sites for hydroxylation is 1. The van der Waals surface area contributed by atoms with Gasteiger partial charge in [-0.15, -0.1) is 0 Å². The summed E-state index contributed by atoms with van der Waals surface area (Å²) in [5.74, 6) is -0.453. The molecule has 2 N–H and O–H groups in total. The number of rotatable bonds is 7. The molecule has 0 radical (unpaired) electrons. The van der Waals surface area contributed by atoms with Gasteiger partial charge in [0, 0.05) is 11.8 Å². The third-order valence-electron chi connectivity index (χ3n) is 4.20. The van der Waals surface area contributed by atoms with Gasteiger partial charge in [-0.1, -0.05) is 31.2 Å². The molecule has 0 bridgehead atoms. The van der Waals surface area contributed by atoms with E-state index < -0.39 is 11.9 Å². The Bertz CT molecular complexity index is 1000. The lowest BCUT2D eigenvalue weighted by Gasteiger charge is -2.11. The highest BCUT2D eigenvalue weighted by atomic mass is 16.5. The van der Waals surface area contributed by atoms with Crippen LogP contribution in [0.15, 0.2) is 60.9 Å². The van der Waals surface area contributed by atoms with Gasteiger partial charge in [-0.25, -0.2) is 14.8 Å². The van der Waals surface area contributed by atoms with Crippen molar-refractivity contribution in [3.8, 4) is 0 Å². The molecule has 148 valence electrons. The maximum Gasteiger partial charge on any atom is 0.340 e. The van der Waals surface area contributed by atoms with Gasteiger partial charge in [0.1, 0.15) is 17.8 Å². The van der Waals surface area contributed by atoms with E-state index in [1.165, 1.54) is 11.9 Å². The number of anilines is 3. The first-order valence-corrected chi connectivity index (χ1v) is 9.36. The van der Waals surface area contributed by atoms with E-state index in [1.807, 2.05) is 24.3 Å². The van der Waals surface area contributed by atoms with Crippen LogP contribution in [0.25, 0.3) is 0 Å². The van der Waals surface area contributed by atoms with Crippen molar-refractivity contribution in [3.63, 3.8) is 0 Å². The maximum atomic E-state index is 12.7. The molecule has 1 heterocycles. The Labute approximate surface area is 169 Å². The number of amides is 1. The summed E-state index contributed by atoms with van der Waals surface area (Å²) in [5.41, 5.74) is 2.91. The van der Waals surface area contributed by atoms with E-state index in [9.17, 15) is 9.59 Å². The Balaban J connectivity index is 1.75. The average molecular weight is 390 g/mol. The molecule has 0 fully saturated rings. The normalized spacial score (nSPS) is 10.3. The van der Waals surface area contributed by atoms with Crippen LogP contribution in [0.3, 0.4) is 0 Å². The number of esters is 1. The molecule has 0 spiro atoms. The summed E-state index contributed by atoms with van der Waals surface area (Å²) in [5, 5.41) is 5.87. The standard InChI is InChI=1S/C22H22N4O3/c1-3-15-9-11-16(12-10-15)25-20-13-19(23-14-24-20)21(27)26-18-8-6-5-7-17(18)22(28)29-4-2/h5-14H,3-4H2,1-2H3,(H,26,27)(H,23,24,25). The molecule has 0 saturated carbocycles. The SMILES string of the molecule is CCOC(=O)c1ccccc1NC(=O)c1cc(Nc2ccc(CC)cc2)ncn1. The molecule has 3 rings (SSSR count). The number of para-hydroxylation sites is 1. The number of carbonyl (C=O) groups excluding carboxylic acids is 2. The van der Waals surface area contributed by atoms with Crippen LogP contribution in [0.2, 0.25) is 0 Å². The molecule has 0 atom stereocenters. The number of nitrogens with one attached hydrogen (secondary N) is 2. The molecule has 29 heavy (non-hydrogen) atoms. The third-order valence-corrected chi connectivity index (χ3v) is 4.20. The fourth-order valence-corrected chi connectivity index (χ4v) is 2.69. The number of carbonyl (C=O) groups is 2. The topological polar surface area (TPSA) is 93.2 Å². The molecular formula is C22H22N4O3. The van der Waals surface area contributed by atoms with Gasteiger partial charge in [0.25, 0.3) is 5.91 Å². The highest BCUT2D eigenvalue weighted by molar-refractivity contribution is 6.07. The molecular weight excluding hydrogens is 368 g/mol. The lowest BCUT2D eigenvalue weighted by Crippen LogP contribution is -2.17. The highest BCUT2D eigenvalue weighted by Crippen LogP contribution is 2.19.